The highest BCUT2D eigenvalue weighted by Crippen LogP contribution is 2.25. The highest BCUT2D eigenvalue weighted by Gasteiger charge is 2.33. The molecule has 3 fully saturated rings. The molecule has 18 nitrogen and oxygen atoms in total. The third kappa shape index (κ3) is 26.4. The maximum atomic E-state index is 11.8. The first kappa shape index (κ1) is 52.4. The Kier molecular flexibility index (Phi) is 26.0. The number of amides is 5. The van der Waals surface area contributed by atoms with Crippen molar-refractivity contribution in [2.75, 3.05) is 67.0 Å². The molecule has 0 aromatic carbocycles. The Labute approximate surface area is 344 Å². The van der Waals surface area contributed by atoms with Crippen LogP contribution in [0.1, 0.15) is 119 Å². The van der Waals surface area contributed by atoms with Gasteiger partial charge in [-0.25, -0.2) is 14.4 Å². The van der Waals surface area contributed by atoms with Crippen LogP contribution in [0.15, 0.2) is 0 Å². The number of hydrogen-bond donors (Lipinski definition) is 4. The van der Waals surface area contributed by atoms with Gasteiger partial charge < -0.3 is 54.9 Å². The van der Waals surface area contributed by atoms with Crippen LogP contribution < -0.4 is 21.7 Å². The van der Waals surface area contributed by atoms with Gasteiger partial charge in [0.2, 0.25) is 5.91 Å². The summed E-state index contributed by atoms with van der Waals surface area (Å²) in [7, 11) is 3.16. The normalized spacial score (nSPS) is 20.7. The topological polar surface area (TPSA) is 232 Å². The summed E-state index contributed by atoms with van der Waals surface area (Å²) in [6, 6.07) is 0.425. The fourth-order valence-electron chi connectivity index (χ4n) is 5.96. The van der Waals surface area contributed by atoms with Crippen LogP contribution >= 0.6 is 0 Å². The molecule has 3 aliphatic rings. The molecule has 0 aromatic heterocycles. The maximum Gasteiger partial charge on any atom is 0.407 e. The minimum atomic E-state index is -0.661. The quantitative estimate of drug-likeness (QED) is 0.113. The zero-order valence-electron chi connectivity index (χ0n) is 36.3. The molecule has 2 saturated carbocycles. The highest BCUT2D eigenvalue weighted by atomic mass is 16.7. The summed E-state index contributed by atoms with van der Waals surface area (Å²) in [6.07, 6.45) is 7.96. The molecule has 0 aromatic rings. The lowest BCUT2D eigenvalue weighted by atomic mass is 9.86. The molecule has 3 rings (SSSR count). The van der Waals surface area contributed by atoms with E-state index in [0.29, 0.717) is 62.9 Å². The Morgan fingerprint density at radius 1 is 0.638 bits per heavy atom. The number of nitrogens with two attached hydrogens (primary N) is 1. The van der Waals surface area contributed by atoms with Gasteiger partial charge >= 0.3 is 18.2 Å². The summed E-state index contributed by atoms with van der Waals surface area (Å²) >= 11 is 0. The maximum absolute atomic E-state index is 11.8. The van der Waals surface area contributed by atoms with E-state index in [0.717, 1.165) is 57.9 Å². The van der Waals surface area contributed by atoms with Gasteiger partial charge in [0.1, 0.15) is 11.2 Å². The number of alkyl carbamates (subject to hydrolysis) is 2. The number of hydrogen-bond acceptors (Lipinski definition) is 14. The van der Waals surface area contributed by atoms with Gasteiger partial charge in [-0.2, -0.15) is 0 Å². The molecule has 0 bridgehead atoms. The summed E-state index contributed by atoms with van der Waals surface area (Å²) in [4.78, 5) is 73.2. The second-order valence-corrected chi connectivity index (χ2v) is 16.5. The predicted octanol–water partition coefficient (Wildman–Crippen LogP) is 3.91. The molecule has 5 amide bonds. The van der Waals surface area contributed by atoms with Crippen molar-refractivity contribution < 1.29 is 62.0 Å². The lowest BCUT2D eigenvalue weighted by Gasteiger charge is -2.30. The second-order valence-electron chi connectivity index (χ2n) is 16.5. The smallest absolute Gasteiger partial charge is 0.407 e. The SMILES string of the molecule is CC(C)(C)OC(=O)NC1CCC(CN)CC1.COCCOCCC(=O)NCC1CCC(NC(=O)OC(C)(C)C)CC1.COCCOCCC(=O)ON1C(=O)CCC1=O. The minimum absolute atomic E-state index is 0.0131. The molecule has 0 radical (unpaired) electrons. The van der Waals surface area contributed by atoms with Crippen molar-refractivity contribution in [2.45, 2.75) is 142 Å². The average Bonchev–Trinajstić information content (AvgIpc) is 3.45. The number of carbonyl (C=O) groups excluding carboxylic acids is 6. The molecule has 18 heteroatoms. The molecular weight excluding hydrogens is 758 g/mol. The van der Waals surface area contributed by atoms with Gasteiger partial charge in [0.25, 0.3) is 11.8 Å². The number of nitrogens with zero attached hydrogens (tertiary/aromatic N) is 1. The Morgan fingerprint density at radius 2 is 1.07 bits per heavy atom. The van der Waals surface area contributed by atoms with E-state index in [1.165, 1.54) is 0 Å². The molecule has 0 atom stereocenters. The fraction of sp³-hybridized carbons (Fsp3) is 0.850. The number of hydroxylamine groups is 2. The first-order chi connectivity index (χ1) is 27.3. The number of nitrogens with one attached hydrogen (secondary N) is 3. The van der Waals surface area contributed by atoms with E-state index >= 15 is 0 Å². The van der Waals surface area contributed by atoms with Crippen LogP contribution in [0.3, 0.4) is 0 Å². The molecule has 336 valence electrons. The van der Waals surface area contributed by atoms with Gasteiger partial charge in [-0.1, -0.05) is 0 Å². The minimum Gasteiger partial charge on any atom is -0.444 e. The lowest BCUT2D eigenvalue weighted by Crippen LogP contribution is -2.42. The van der Waals surface area contributed by atoms with Gasteiger partial charge in [0.05, 0.1) is 46.1 Å². The molecule has 1 heterocycles. The first-order valence-electron chi connectivity index (χ1n) is 20.5. The second kappa shape index (κ2) is 28.8. The van der Waals surface area contributed by atoms with Gasteiger partial charge in [0.15, 0.2) is 0 Å². The molecule has 0 unspecified atom stereocenters. The molecule has 0 spiro atoms. The first-order valence-corrected chi connectivity index (χ1v) is 20.5. The highest BCUT2D eigenvalue weighted by molar-refractivity contribution is 6.01. The van der Waals surface area contributed by atoms with Gasteiger partial charge in [0, 0.05) is 52.1 Å². The Bertz CT molecular complexity index is 1210. The van der Waals surface area contributed by atoms with E-state index in [9.17, 15) is 28.8 Å². The number of methoxy groups -OCH3 is 2. The van der Waals surface area contributed by atoms with Crippen molar-refractivity contribution in [1.29, 1.82) is 0 Å². The number of rotatable bonds is 18. The monoisotopic (exact) mass is 832 g/mol. The molecule has 1 aliphatic heterocycles. The lowest BCUT2D eigenvalue weighted by molar-refractivity contribution is -0.198. The van der Waals surface area contributed by atoms with Gasteiger partial charge in [-0.15, -0.1) is 5.06 Å². The molecular formula is C40H73N5O13. The van der Waals surface area contributed by atoms with Gasteiger partial charge in [-0.05, 0) is 111 Å². The van der Waals surface area contributed by atoms with Crippen LogP contribution in [0, 0.1) is 11.8 Å². The van der Waals surface area contributed by atoms with Crippen molar-refractivity contribution in [3.63, 3.8) is 0 Å². The average molecular weight is 832 g/mol. The van der Waals surface area contributed by atoms with E-state index in [1.807, 2.05) is 41.5 Å². The van der Waals surface area contributed by atoms with E-state index in [2.05, 4.69) is 20.8 Å². The van der Waals surface area contributed by atoms with Crippen LogP contribution in [0.25, 0.3) is 0 Å². The van der Waals surface area contributed by atoms with E-state index in [4.69, 9.17) is 34.2 Å². The molecule has 2 aliphatic carbocycles. The molecule has 58 heavy (non-hydrogen) atoms. The van der Waals surface area contributed by atoms with Crippen LogP contribution in [-0.4, -0.2) is 131 Å². The van der Waals surface area contributed by atoms with Crippen molar-refractivity contribution in [3.8, 4) is 0 Å². The standard InChI is InChI=1S/C18H34N2O5.C12H24N2O2.C10H15NO6/c1-18(2,3)25-17(22)20-15-7-5-14(6-8-15)13-19-16(21)9-10-24-12-11-23-4;1-12(2,3)16-11(15)14-10-6-4-9(8-13)5-7-10;1-15-6-7-16-5-4-10(14)17-11-8(12)2-3-9(11)13/h14-15H,5-13H2,1-4H3,(H,19,21)(H,20,22);9-10H,4-8,13H2,1-3H3,(H,14,15);2-7H2,1H3. The van der Waals surface area contributed by atoms with Crippen LogP contribution in [0.2, 0.25) is 0 Å². The Morgan fingerprint density at radius 3 is 1.48 bits per heavy atom. The number of ether oxygens (including phenoxy) is 6. The predicted molar refractivity (Wildman–Crippen MR) is 214 cm³/mol. The van der Waals surface area contributed by atoms with Crippen LogP contribution in [0.4, 0.5) is 9.59 Å². The summed E-state index contributed by atoms with van der Waals surface area (Å²) in [5.74, 6) is -0.503. The van der Waals surface area contributed by atoms with Crippen molar-refractivity contribution in [2.24, 2.45) is 17.6 Å². The Balaban J connectivity index is 0.000000450. The van der Waals surface area contributed by atoms with Crippen molar-refractivity contribution >= 4 is 35.9 Å². The van der Waals surface area contributed by atoms with E-state index in [-0.39, 0.29) is 56.0 Å². The third-order valence-electron chi connectivity index (χ3n) is 9.04. The summed E-state index contributed by atoms with van der Waals surface area (Å²) in [6.45, 7) is 15.1. The van der Waals surface area contributed by atoms with E-state index < -0.39 is 29.0 Å². The molecule has 5 N–H and O–H groups in total. The summed E-state index contributed by atoms with van der Waals surface area (Å²) < 4.78 is 30.5. The fourth-order valence-corrected chi connectivity index (χ4v) is 5.96. The van der Waals surface area contributed by atoms with Crippen LogP contribution in [0.5, 0.6) is 0 Å². The van der Waals surface area contributed by atoms with Crippen molar-refractivity contribution in [3.05, 3.63) is 0 Å². The summed E-state index contributed by atoms with van der Waals surface area (Å²) in [5.41, 5.74) is 4.73. The van der Waals surface area contributed by atoms with Crippen molar-refractivity contribution in [1.82, 2.24) is 21.0 Å². The number of carbonyl (C=O) groups is 6. The van der Waals surface area contributed by atoms with E-state index in [1.54, 1.807) is 14.2 Å². The number of imide groups is 1. The zero-order valence-corrected chi connectivity index (χ0v) is 36.3. The molecule has 1 saturated heterocycles. The summed E-state index contributed by atoms with van der Waals surface area (Å²) in [5, 5.41) is 9.34. The van der Waals surface area contributed by atoms with Crippen LogP contribution in [-0.2, 0) is 52.4 Å². The Hall–Kier alpha value is -3.58. The zero-order chi connectivity index (χ0) is 43.6. The van der Waals surface area contributed by atoms with Gasteiger partial charge in [-0.3, -0.25) is 14.4 Å². The third-order valence-corrected chi connectivity index (χ3v) is 9.04. The largest absolute Gasteiger partial charge is 0.444 e.